The van der Waals surface area contributed by atoms with Crippen LogP contribution in [0.3, 0.4) is 0 Å². The van der Waals surface area contributed by atoms with Gasteiger partial charge in [0.2, 0.25) is 11.8 Å². The molecule has 3 aliphatic rings. The number of hydrogen-bond donors (Lipinski definition) is 7. The Kier molecular flexibility index (Phi) is 12.7. The Labute approximate surface area is 296 Å². The van der Waals surface area contributed by atoms with Gasteiger partial charge < -0.3 is 55.5 Å². The molecule has 0 aliphatic carbocycles. The molecule has 284 valence electrons. The van der Waals surface area contributed by atoms with Gasteiger partial charge in [-0.15, -0.1) is 0 Å². The zero-order valence-electron chi connectivity index (χ0n) is 29.7. The van der Waals surface area contributed by atoms with Crippen LogP contribution < -0.4 is 16.0 Å². The summed E-state index contributed by atoms with van der Waals surface area (Å²) in [4.78, 5) is 65.6. The summed E-state index contributed by atoms with van der Waals surface area (Å²) in [6.07, 6.45) is -7.12. The highest BCUT2D eigenvalue weighted by Gasteiger charge is 2.55. The predicted octanol–water partition coefficient (Wildman–Crippen LogP) is -0.324. The lowest BCUT2D eigenvalue weighted by molar-refractivity contribution is -0.231. The first-order valence-electron chi connectivity index (χ1n) is 17.0. The number of carbonyl (C=O) groups is 5. The number of nitrogens with one attached hydrogen (secondary N) is 3. The fraction of sp³-hybridized carbons (Fsp3) is 0.676. The second-order valence-electron chi connectivity index (χ2n) is 14.6. The lowest BCUT2D eigenvalue weighted by Crippen LogP contribution is -2.68. The summed E-state index contributed by atoms with van der Waals surface area (Å²) in [5.41, 5.74) is -2.66. The summed E-state index contributed by atoms with van der Waals surface area (Å²) in [5.74, 6) is -2.88. The Morgan fingerprint density at radius 2 is 1.75 bits per heavy atom. The fourth-order valence-electron chi connectivity index (χ4n) is 6.86. The standard InChI is InChI=1S/C34H51N5O12/c1-20(40)36-23-8-6-22(7-9-23)29(45)35-17-25(43)27(44)28-26(37-21(2)41)24(42)16-34(50-28,30(46)47)11-13-39-14-15-49-19-33(39)10-12-38(18-33)31(48)51-32(3,4)5/h6-9,24-28,42-44H,10-19H2,1-5H3,(H,35,45)(H,36,40)(H,37,41)(H,46,47)/t24-,25+,26+,27+,28+,33-,34+/m0/s1. The van der Waals surface area contributed by atoms with Crippen molar-refractivity contribution < 1.29 is 58.6 Å². The number of amides is 4. The van der Waals surface area contributed by atoms with Gasteiger partial charge in [0.25, 0.3) is 5.91 Å². The predicted molar refractivity (Wildman–Crippen MR) is 181 cm³/mol. The molecule has 0 radical (unpaired) electrons. The number of carboxylic acids is 1. The van der Waals surface area contributed by atoms with Gasteiger partial charge in [-0.2, -0.15) is 0 Å². The van der Waals surface area contributed by atoms with Crippen LogP contribution in [0.4, 0.5) is 10.5 Å². The van der Waals surface area contributed by atoms with Crippen LogP contribution in [0.5, 0.6) is 0 Å². The van der Waals surface area contributed by atoms with Crippen LogP contribution in [-0.4, -0.2) is 153 Å². The van der Waals surface area contributed by atoms with E-state index in [2.05, 4.69) is 20.9 Å². The molecule has 3 saturated heterocycles. The highest BCUT2D eigenvalue weighted by molar-refractivity contribution is 5.95. The molecule has 1 aromatic carbocycles. The van der Waals surface area contributed by atoms with Crippen LogP contribution in [0, 0.1) is 0 Å². The Bertz CT molecular complexity index is 1440. The van der Waals surface area contributed by atoms with Crippen LogP contribution in [0.15, 0.2) is 24.3 Å². The van der Waals surface area contributed by atoms with Gasteiger partial charge in [0, 0.05) is 70.7 Å². The Hall–Kier alpha value is -3.87. The molecular formula is C34H51N5O12. The summed E-state index contributed by atoms with van der Waals surface area (Å²) >= 11 is 0. The molecule has 3 heterocycles. The molecule has 4 rings (SSSR count). The number of aliphatic hydroxyl groups is 3. The first-order valence-corrected chi connectivity index (χ1v) is 17.0. The topological polar surface area (TPSA) is 237 Å². The van der Waals surface area contributed by atoms with E-state index in [9.17, 15) is 44.4 Å². The Morgan fingerprint density at radius 1 is 1.06 bits per heavy atom. The van der Waals surface area contributed by atoms with E-state index in [0.29, 0.717) is 45.0 Å². The number of carbonyl (C=O) groups excluding carboxylic acids is 4. The van der Waals surface area contributed by atoms with Gasteiger partial charge >= 0.3 is 12.1 Å². The summed E-state index contributed by atoms with van der Waals surface area (Å²) in [5, 5.41) is 51.6. The second kappa shape index (κ2) is 16.2. The minimum Gasteiger partial charge on any atom is -0.479 e. The van der Waals surface area contributed by atoms with Crippen LogP contribution in [0.1, 0.15) is 64.2 Å². The number of ether oxygens (including phenoxy) is 3. The highest BCUT2D eigenvalue weighted by atomic mass is 16.6. The van der Waals surface area contributed by atoms with Crippen LogP contribution in [0.25, 0.3) is 0 Å². The molecule has 1 spiro atoms. The van der Waals surface area contributed by atoms with Crippen molar-refractivity contribution >= 4 is 35.5 Å². The van der Waals surface area contributed by atoms with Crippen LogP contribution in [-0.2, 0) is 28.6 Å². The number of morpholine rings is 1. The Morgan fingerprint density at radius 3 is 2.35 bits per heavy atom. The molecule has 0 saturated carbocycles. The first kappa shape index (κ1) is 39.9. The number of aliphatic carboxylic acids is 1. The number of rotatable bonds is 11. The number of aliphatic hydroxyl groups excluding tert-OH is 3. The third-order valence-electron chi connectivity index (χ3n) is 9.42. The van der Waals surface area contributed by atoms with E-state index in [-0.39, 0.29) is 24.4 Å². The maximum absolute atomic E-state index is 12.9. The van der Waals surface area contributed by atoms with Crippen molar-refractivity contribution in [1.29, 1.82) is 0 Å². The number of nitrogens with zero attached hydrogens (tertiary/aromatic N) is 2. The van der Waals surface area contributed by atoms with E-state index in [0.717, 1.165) is 0 Å². The van der Waals surface area contributed by atoms with E-state index in [1.54, 1.807) is 25.7 Å². The van der Waals surface area contributed by atoms with E-state index in [1.165, 1.54) is 38.1 Å². The third kappa shape index (κ3) is 9.93. The SMILES string of the molecule is CC(=O)Nc1ccc(C(=O)NC[C@@H](O)[C@@H](O)[C@@H]2O[C@@](CCN3CCOC[C@@]34CCN(C(=O)OC(C)(C)C)C4)(C(=O)O)C[C@H](O)[C@H]2NC(C)=O)cc1. The van der Waals surface area contributed by atoms with Crippen LogP contribution in [0.2, 0.25) is 0 Å². The summed E-state index contributed by atoms with van der Waals surface area (Å²) in [7, 11) is 0. The molecule has 7 atom stereocenters. The molecule has 3 fully saturated rings. The largest absolute Gasteiger partial charge is 0.479 e. The lowest BCUT2D eigenvalue weighted by atomic mass is 9.81. The van der Waals surface area contributed by atoms with Gasteiger partial charge in [0.05, 0.1) is 37.0 Å². The number of benzene rings is 1. The van der Waals surface area contributed by atoms with Crippen molar-refractivity contribution in [3.8, 4) is 0 Å². The zero-order valence-corrected chi connectivity index (χ0v) is 29.7. The quantitative estimate of drug-likeness (QED) is 0.155. The summed E-state index contributed by atoms with van der Waals surface area (Å²) in [6, 6.07) is 4.66. The fourth-order valence-corrected chi connectivity index (χ4v) is 6.86. The third-order valence-corrected chi connectivity index (χ3v) is 9.42. The van der Waals surface area contributed by atoms with E-state index >= 15 is 0 Å². The zero-order chi connectivity index (χ0) is 37.7. The van der Waals surface area contributed by atoms with Crippen molar-refractivity contribution in [3.63, 3.8) is 0 Å². The molecule has 0 aromatic heterocycles. The number of likely N-dealkylation sites (tertiary alicyclic amines) is 1. The summed E-state index contributed by atoms with van der Waals surface area (Å²) in [6.45, 7) is 9.39. The highest BCUT2D eigenvalue weighted by Crippen LogP contribution is 2.38. The number of carboxylic acid groups (broad SMARTS) is 1. The molecule has 1 aromatic rings. The van der Waals surface area contributed by atoms with E-state index in [4.69, 9.17) is 14.2 Å². The molecule has 3 aliphatic heterocycles. The van der Waals surface area contributed by atoms with Gasteiger partial charge in [0.1, 0.15) is 17.8 Å². The Balaban J connectivity index is 1.48. The number of hydrogen-bond acceptors (Lipinski definition) is 12. The smallest absolute Gasteiger partial charge is 0.410 e. The van der Waals surface area contributed by atoms with Gasteiger partial charge in [-0.3, -0.25) is 19.3 Å². The molecular weight excluding hydrogens is 670 g/mol. The molecule has 0 bridgehead atoms. The molecule has 17 nitrogen and oxygen atoms in total. The van der Waals surface area contributed by atoms with Crippen molar-refractivity contribution in [2.75, 3.05) is 51.3 Å². The van der Waals surface area contributed by atoms with Gasteiger partial charge in [-0.05, 0) is 51.5 Å². The molecule has 51 heavy (non-hydrogen) atoms. The van der Waals surface area contributed by atoms with Crippen LogP contribution >= 0.6 is 0 Å². The normalized spacial score (nSPS) is 28.1. The molecule has 4 amide bonds. The molecule has 7 N–H and O–H groups in total. The lowest BCUT2D eigenvalue weighted by Gasteiger charge is -2.49. The van der Waals surface area contributed by atoms with Crippen molar-refractivity contribution in [2.24, 2.45) is 0 Å². The van der Waals surface area contributed by atoms with Gasteiger partial charge in [-0.25, -0.2) is 9.59 Å². The number of anilines is 1. The monoisotopic (exact) mass is 721 g/mol. The second-order valence-corrected chi connectivity index (χ2v) is 14.6. The van der Waals surface area contributed by atoms with E-state index < -0.39 is 84.0 Å². The van der Waals surface area contributed by atoms with Crippen molar-refractivity contribution in [1.82, 2.24) is 20.4 Å². The van der Waals surface area contributed by atoms with Gasteiger partial charge in [0.15, 0.2) is 5.60 Å². The maximum atomic E-state index is 12.9. The minimum absolute atomic E-state index is 0.148. The summed E-state index contributed by atoms with van der Waals surface area (Å²) < 4.78 is 17.5. The van der Waals surface area contributed by atoms with E-state index in [1.807, 2.05) is 0 Å². The minimum atomic E-state index is -2.04. The van der Waals surface area contributed by atoms with Crippen molar-refractivity contribution in [2.45, 2.75) is 101 Å². The molecule has 17 heteroatoms. The maximum Gasteiger partial charge on any atom is 0.410 e. The van der Waals surface area contributed by atoms with Gasteiger partial charge in [-0.1, -0.05) is 0 Å². The molecule has 0 unspecified atom stereocenters. The average Bonchev–Trinajstić information content (AvgIpc) is 3.47. The first-order chi connectivity index (χ1) is 23.8. The average molecular weight is 722 g/mol. The van der Waals surface area contributed by atoms with Crippen molar-refractivity contribution in [3.05, 3.63) is 29.8 Å².